The highest BCUT2D eigenvalue weighted by Gasteiger charge is 2.15. The predicted molar refractivity (Wildman–Crippen MR) is 76.1 cm³/mol. The SMILES string of the molecule is Cc1ccc2c(ccn2Cc2ccoc2C(=O)NN)c1. The predicted octanol–water partition coefficient (Wildman–Crippen LogP) is 2.19. The third kappa shape index (κ3) is 2.08. The number of nitrogens with zero attached hydrogens (tertiary/aromatic N) is 1. The van der Waals surface area contributed by atoms with E-state index in [4.69, 9.17) is 10.3 Å². The number of rotatable bonds is 3. The number of amides is 1. The Bertz CT molecular complexity index is 770. The smallest absolute Gasteiger partial charge is 0.301 e. The van der Waals surface area contributed by atoms with Gasteiger partial charge in [0, 0.05) is 17.3 Å². The zero-order valence-corrected chi connectivity index (χ0v) is 11.1. The highest BCUT2D eigenvalue weighted by Crippen LogP contribution is 2.20. The summed E-state index contributed by atoms with van der Waals surface area (Å²) in [6.07, 6.45) is 3.50. The third-order valence-electron chi connectivity index (χ3n) is 3.35. The van der Waals surface area contributed by atoms with E-state index < -0.39 is 5.91 Å². The van der Waals surface area contributed by atoms with Crippen molar-refractivity contribution in [2.45, 2.75) is 13.5 Å². The van der Waals surface area contributed by atoms with Crippen LogP contribution in [0.2, 0.25) is 0 Å². The Labute approximate surface area is 115 Å². The summed E-state index contributed by atoms with van der Waals surface area (Å²) in [5.74, 6) is 4.98. The van der Waals surface area contributed by atoms with E-state index >= 15 is 0 Å². The number of fused-ring (bicyclic) bond motifs is 1. The van der Waals surface area contributed by atoms with Gasteiger partial charge in [0.25, 0.3) is 0 Å². The molecule has 20 heavy (non-hydrogen) atoms. The van der Waals surface area contributed by atoms with Gasteiger partial charge in [0.15, 0.2) is 5.76 Å². The number of nitrogens with two attached hydrogens (primary N) is 1. The normalized spacial score (nSPS) is 10.9. The highest BCUT2D eigenvalue weighted by atomic mass is 16.3. The van der Waals surface area contributed by atoms with Crippen molar-refractivity contribution in [3.05, 3.63) is 59.7 Å². The lowest BCUT2D eigenvalue weighted by Crippen LogP contribution is -2.30. The number of hydrazine groups is 1. The Hall–Kier alpha value is -2.53. The van der Waals surface area contributed by atoms with Crippen LogP contribution in [0.25, 0.3) is 10.9 Å². The molecule has 1 amide bonds. The number of benzene rings is 1. The van der Waals surface area contributed by atoms with E-state index in [9.17, 15) is 4.79 Å². The second kappa shape index (κ2) is 4.86. The molecule has 1 aromatic carbocycles. The minimum atomic E-state index is -0.419. The molecule has 0 bridgehead atoms. The van der Waals surface area contributed by atoms with Crippen LogP contribution in [0.4, 0.5) is 0 Å². The second-order valence-electron chi connectivity index (χ2n) is 4.75. The summed E-state index contributed by atoms with van der Waals surface area (Å²) in [7, 11) is 0. The lowest BCUT2D eigenvalue weighted by atomic mass is 10.2. The fourth-order valence-corrected chi connectivity index (χ4v) is 2.37. The van der Waals surface area contributed by atoms with Crippen molar-refractivity contribution in [3.8, 4) is 0 Å². The number of carbonyl (C=O) groups is 1. The maximum absolute atomic E-state index is 11.6. The number of hydrogen-bond donors (Lipinski definition) is 2. The van der Waals surface area contributed by atoms with Crippen molar-refractivity contribution in [2.75, 3.05) is 0 Å². The molecule has 2 aromatic heterocycles. The van der Waals surface area contributed by atoms with Gasteiger partial charge in [-0.3, -0.25) is 10.2 Å². The van der Waals surface area contributed by atoms with E-state index in [2.05, 4.69) is 41.2 Å². The average Bonchev–Trinajstić information content (AvgIpc) is 3.05. The van der Waals surface area contributed by atoms with E-state index in [0.717, 1.165) is 11.1 Å². The molecule has 3 rings (SSSR count). The minimum absolute atomic E-state index is 0.251. The number of aromatic nitrogens is 1. The van der Waals surface area contributed by atoms with E-state index in [-0.39, 0.29) is 5.76 Å². The zero-order chi connectivity index (χ0) is 14.1. The maximum atomic E-state index is 11.6. The number of furan rings is 1. The quantitative estimate of drug-likeness (QED) is 0.435. The average molecular weight is 269 g/mol. The summed E-state index contributed by atoms with van der Waals surface area (Å²) in [5, 5.41) is 1.18. The van der Waals surface area contributed by atoms with Gasteiger partial charge < -0.3 is 8.98 Å². The van der Waals surface area contributed by atoms with Gasteiger partial charge in [0.1, 0.15) is 0 Å². The van der Waals surface area contributed by atoms with Crippen molar-refractivity contribution in [1.82, 2.24) is 9.99 Å². The molecule has 0 unspecified atom stereocenters. The molecule has 0 saturated heterocycles. The van der Waals surface area contributed by atoms with Gasteiger partial charge in [-0.2, -0.15) is 0 Å². The largest absolute Gasteiger partial charge is 0.459 e. The Kier molecular flexibility index (Phi) is 3.04. The molecule has 0 saturated carbocycles. The van der Waals surface area contributed by atoms with Gasteiger partial charge in [0.2, 0.25) is 0 Å². The summed E-state index contributed by atoms with van der Waals surface area (Å²) in [4.78, 5) is 11.6. The molecule has 0 aliphatic rings. The molecule has 0 spiro atoms. The standard InChI is InChI=1S/C15H15N3O2/c1-10-2-3-13-11(8-10)4-6-18(13)9-12-5-7-20-14(12)15(19)17-16/h2-8H,9,16H2,1H3,(H,17,19). The van der Waals surface area contributed by atoms with Gasteiger partial charge in [-0.25, -0.2) is 5.84 Å². The molecule has 0 fully saturated rings. The molecule has 0 aliphatic heterocycles. The third-order valence-corrected chi connectivity index (χ3v) is 3.35. The van der Waals surface area contributed by atoms with Crippen LogP contribution < -0.4 is 11.3 Å². The summed E-state index contributed by atoms with van der Waals surface area (Å²) >= 11 is 0. The van der Waals surface area contributed by atoms with E-state index in [1.807, 2.05) is 6.20 Å². The fraction of sp³-hybridized carbons (Fsp3) is 0.133. The van der Waals surface area contributed by atoms with Gasteiger partial charge in [-0.15, -0.1) is 0 Å². The molecule has 0 aliphatic carbocycles. The number of aryl methyl sites for hydroxylation is 1. The molecule has 3 N–H and O–H groups in total. The molecule has 2 heterocycles. The zero-order valence-electron chi connectivity index (χ0n) is 11.1. The van der Waals surface area contributed by atoms with Crippen molar-refractivity contribution < 1.29 is 9.21 Å². The summed E-state index contributed by atoms with van der Waals surface area (Å²) in [5.41, 5.74) is 5.23. The van der Waals surface area contributed by atoms with E-state index in [1.54, 1.807) is 6.07 Å². The van der Waals surface area contributed by atoms with Crippen LogP contribution in [0.3, 0.4) is 0 Å². The summed E-state index contributed by atoms with van der Waals surface area (Å²) < 4.78 is 7.27. The van der Waals surface area contributed by atoms with Crippen LogP contribution in [-0.2, 0) is 6.54 Å². The minimum Gasteiger partial charge on any atom is -0.459 e. The lowest BCUT2D eigenvalue weighted by Gasteiger charge is -2.06. The first-order valence-electron chi connectivity index (χ1n) is 6.32. The molecular formula is C15H15N3O2. The second-order valence-corrected chi connectivity index (χ2v) is 4.75. The Morgan fingerprint density at radius 3 is 3.00 bits per heavy atom. The van der Waals surface area contributed by atoms with Crippen LogP contribution >= 0.6 is 0 Å². The molecule has 3 aromatic rings. The molecular weight excluding hydrogens is 254 g/mol. The highest BCUT2D eigenvalue weighted by molar-refractivity contribution is 5.92. The monoisotopic (exact) mass is 269 g/mol. The molecule has 102 valence electrons. The first-order chi connectivity index (χ1) is 9.69. The Morgan fingerprint density at radius 1 is 1.35 bits per heavy atom. The molecule has 0 atom stereocenters. The maximum Gasteiger partial charge on any atom is 0.301 e. The van der Waals surface area contributed by atoms with Crippen LogP contribution in [0.15, 0.2) is 47.2 Å². The van der Waals surface area contributed by atoms with Crippen LogP contribution in [0.1, 0.15) is 21.7 Å². The first-order valence-corrected chi connectivity index (χ1v) is 6.32. The Morgan fingerprint density at radius 2 is 2.20 bits per heavy atom. The first kappa shape index (κ1) is 12.5. The van der Waals surface area contributed by atoms with Gasteiger partial charge in [0.05, 0.1) is 12.8 Å². The van der Waals surface area contributed by atoms with E-state index in [1.165, 1.54) is 17.2 Å². The summed E-state index contributed by atoms with van der Waals surface area (Å²) in [6, 6.07) is 10.1. The van der Waals surface area contributed by atoms with Crippen molar-refractivity contribution in [1.29, 1.82) is 0 Å². The van der Waals surface area contributed by atoms with Crippen molar-refractivity contribution >= 4 is 16.8 Å². The molecule has 5 heteroatoms. The molecule has 0 radical (unpaired) electrons. The number of carbonyl (C=O) groups excluding carboxylic acids is 1. The van der Waals surface area contributed by atoms with Gasteiger partial charge in [-0.05, 0) is 36.6 Å². The lowest BCUT2D eigenvalue weighted by molar-refractivity contribution is 0.0924. The number of hydrogen-bond acceptors (Lipinski definition) is 3. The van der Waals surface area contributed by atoms with Crippen LogP contribution in [-0.4, -0.2) is 10.5 Å². The fourth-order valence-electron chi connectivity index (χ4n) is 2.37. The van der Waals surface area contributed by atoms with Crippen LogP contribution in [0, 0.1) is 6.92 Å². The number of nitrogen functional groups attached to an aromatic ring is 1. The summed E-state index contributed by atoms with van der Waals surface area (Å²) in [6.45, 7) is 2.63. The van der Waals surface area contributed by atoms with Crippen LogP contribution in [0.5, 0.6) is 0 Å². The van der Waals surface area contributed by atoms with Crippen molar-refractivity contribution in [2.24, 2.45) is 5.84 Å². The topological polar surface area (TPSA) is 73.2 Å². The van der Waals surface area contributed by atoms with E-state index in [0.29, 0.717) is 6.54 Å². The van der Waals surface area contributed by atoms with Gasteiger partial charge >= 0.3 is 5.91 Å². The van der Waals surface area contributed by atoms with Crippen molar-refractivity contribution in [3.63, 3.8) is 0 Å². The molecule has 5 nitrogen and oxygen atoms in total. The number of nitrogens with one attached hydrogen (secondary N) is 1. The Balaban J connectivity index is 1.98. The van der Waals surface area contributed by atoms with Gasteiger partial charge in [-0.1, -0.05) is 11.6 Å².